The molecule has 0 aromatic heterocycles. The molecule has 3 aromatic carbocycles. The Morgan fingerprint density at radius 2 is 1.30 bits per heavy atom. The van der Waals surface area contributed by atoms with Crippen LogP contribution in [0.4, 0.5) is 0 Å². The van der Waals surface area contributed by atoms with Crippen molar-refractivity contribution in [3.63, 3.8) is 0 Å². The largest absolute Gasteiger partial charge is 0.300 e. The van der Waals surface area contributed by atoms with Gasteiger partial charge < -0.3 is 0 Å². The fraction of sp³-hybridized carbons (Fsp3) is 0.0385. The Bertz CT molecular complexity index is 1250. The van der Waals surface area contributed by atoms with E-state index in [-0.39, 0.29) is 0 Å². The van der Waals surface area contributed by atoms with Crippen LogP contribution in [0, 0.1) is 5.41 Å². The van der Waals surface area contributed by atoms with Gasteiger partial charge in [-0.15, -0.1) is 0 Å². The SMILES string of the molecule is N=C1C2=Cc3ccccc3C2=CC=C1c1cccc2c1Cc1ccccc1-2. The molecule has 0 amide bonds. The lowest BCUT2D eigenvalue weighted by Crippen LogP contribution is -2.09. The lowest BCUT2D eigenvalue weighted by atomic mass is 9.84. The van der Waals surface area contributed by atoms with Gasteiger partial charge in [0.1, 0.15) is 0 Å². The molecule has 6 rings (SSSR count). The Morgan fingerprint density at radius 1 is 0.593 bits per heavy atom. The van der Waals surface area contributed by atoms with Crippen LogP contribution in [0.2, 0.25) is 0 Å². The molecule has 3 aromatic rings. The van der Waals surface area contributed by atoms with E-state index in [0.29, 0.717) is 5.71 Å². The monoisotopic (exact) mass is 343 g/mol. The molecule has 0 fully saturated rings. The van der Waals surface area contributed by atoms with Gasteiger partial charge in [0.2, 0.25) is 0 Å². The number of hydrogen-bond acceptors (Lipinski definition) is 1. The molecule has 0 saturated heterocycles. The summed E-state index contributed by atoms with van der Waals surface area (Å²) in [5, 5.41) is 8.93. The zero-order chi connectivity index (χ0) is 18.0. The van der Waals surface area contributed by atoms with Crippen LogP contribution >= 0.6 is 0 Å². The minimum absolute atomic E-state index is 0.632. The van der Waals surface area contributed by atoms with Crippen LogP contribution in [0.15, 0.2) is 84.5 Å². The molecule has 0 radical (unpaired) electrons. The van der Waals surface area contributed by atoms with Crippen LogP contribution in [-0.4, -0.2) is 5.71 Å². The Morgan fingerprint density at radius 3 is 2.22 bits per heavy atom. The van der Waals surface area contributed by atoms with Crippen LogP contribution in [0.1, 0.15) is 27.8 Å². The fourth-order valence-electron chi connectivity index (χ4n) is 4.66. The van der Waals surface area contributed by atoms with Gasteiger partial charge in [-0.2, -0.15) is 0 Å². The molecule has 3 aliphatic carbocycles. The van der Waals surface area contributed by atoms with Crippen molar-refractivity contribution in [2.24, 2.45) is 0 Å². The average Bonchev–Trinajstić information content (AvgIpc) is 3.27. The number of benzene rings is 3. The third-order valence-electron chi connectivity index (χ3n) is 5.94. The summed E-state index contributed by atoms with van der Waals surface area (Å²) in [6.45, 7) is 0. The van der Waals surface area contributed by atoms with Gasteiger partial charge >= 0.3 is 0 Å². The minimum atomic E-state index is 0.632. The first kappa shape index (κ1) is 14.7. The zero-order valence-corrected chi connectivity index (χ0v) is 14.8. The summed E-state index contributed by atoms with van der Waals surface area (Å²) in [6, 6.07) is 23.6. The van der Waals surface area contributed by atoms with E-state index in [0.717, 1.165) is 17.6 Å². The lowest BCUT2D eigenvalue weighted by molar-refractivity contribution is 1.25. The van der Waals surface area contributed by atoms with Crippen molar-refractivity contribution in [3.05, 3.63) is 112 Å². The number of rotatable bonds is 1. The summed E-state index contributed by atoms with van der Waals surface area (Å²) in [7, 11) is 0. The minimum Gasteiger partial charge on any atom is -0.300 e. The first-order valence-corrected chi connectivity index (χ1v) is 9.34. The van der Waals surface area contributed by atoms with Gasteiger partial charge in [-0.3, -0.25) is 5.41 Å². The van der Waals surface area contributed by atoms with Gasteiger partial charge in [-0.25, -0.2) is 0 Å². The van der Waals surface area contributed by atoms with Crippen LogP contribution in [-0.2, 0) is 6.42 Å². The van der Waals surface area contributed by atoms with Crippen LogP contribution in [0.5, 0.6) is 0 Å². The Kier molecular flexibility index (Phi) is 2.87. The Hall–Kier alpha value is -3.45. The highest BCUT2D eigenvalue weighted by molar-refractivity contribution is 6.40. The first-order valence-electron chi connectivity index (χ1n) is 9.34. The summed E-state index contributed by atoms with van der Waals surface area (Å²) < 4.78 is 0. The van der Waals surface area contributed by atoms with Crippen molar-refractivity contribution in [1.82, 2.24) is 0 Å². The van der Waals surface area contributed by atoms with E-state index in [4.69, 9.17) is 5.41 Å². The van der Waals surface area contributed by atoms with Gasteiger partial charge in [0.05, 0.1) is 5.71 Å². The Balaban J connectivity index is 1.51. The molecule has 0 bridgehead atoms. The third kappa shape index (κ3) is 1.97. The van der Waals surface area contributed by atoms with Crippen LogP contribution in [0.3, 0.4) is 0 Å². The maximum atomic E-state index is 8.93. The third-order valence-corrected chi connectivity index (χ3v) is 5.94. The molecule has 0 saturated carbocycles. The zero-order valence-electron chi connectivity index (χ0n) is 14.8. The quantitative estimate of drug-likeness (QED) is 0.428. The summed E-state index contributed by atoms with van der Waals surface area (Å²) in [4.78, 5) is 0. The predicted molar refractivity (Wildman–Crippen MR) is 113 cm³/mol. The number of nitrogens with one attached hydrogen (secondary N) is 1. The molecule has 1 nitrogen and oxygen atoms in total. The number of allylic oxidation sites excluding steroid dienone is 5. The molecule has 27 heavy (non-hydrogen) atoms. The smallest absolute Gasteiger partial charge is 0.0697 e. The van der Waals surface area contributed by atoms with Gasteiger partial charge in [0.15, 0.2) is 0 Å². The topological polar surface area (TPSA) is 23.9 Å². The fourth-order valence-corrected chi connectivity index (χ4v) is 4.66. The van der Waals surface area contributed by atoms with Crippen LogP contribution < -0.4 is 0 Å². The molecule has 0 heterocycles. The van der Waals surface area contributed by atoms with E-state index in [9.17, 15) is 0 Å². The van der Waals surface area contributed by atoms with E-state index in [2.05, 4.69) is 85.0 Å². The van der Waals surface area contributed by atoms with Crippen molar-refractivity contribution in [2.45, 2.75) is 6.42 Å². The molecular formula is C26H17N. The van der Waals surface area contributed by atoms with Crippen LogP contribution in [0.25, 0.3) is 28.3 Å². The van der Waals surface area contributed by atoms with E-state index < -0.39 is 0 Å². The normalized spacial score (nSPS) is 16.0. The lowest BCUT2D eigenvalue weighted by Gasteiger charge is -2.19. The van der Waals surface area contributed by atoms with Gasteiger partial charge in [-0.1, -0.05) is 78.9 Å². The molecule has 0 unspecified atom stereocenters. The second-order valence-electron chi connectivity index (χ2n) is 7.35. The van der Waals surface area contributed by atoms with Crippen molar-refractivity contribution in [2.75, 3.05) is 0 Å². The van der Waals surface area contributed by atoms with Gasteiger partial charge in [0.25, 0.3) is 0 Å². The number of fused-ring (bicyclic) bond motifs is 6. The van der Waals surface area contributed by atoms with E-state index >= 15 is 0 Å². The second-order valence-corrected chi connectivity index (χ2v) is 7.35. The van der Waals surface area contributed by atoms with Gasteiger partial charge in [0, 0.05) is 11.1 Å². The summed E-state index contributed by atoms with van der Waals surface area (Å²) in [5.74, 6) is 0. The highest BCUT2D eigenvalue weighted by Crippen LogP contribution is 2.44. The van der Waals surface area contributed by atoms with E-state index in [1.54, 1.807) is 0 Å². The van der Waals surface area contributed by atoms with Gasteiger partial charge in [-0.05, 0) is 57.0 Å². The van der Waals surface area contributed by atoms with Crippen molar-refractivity contribution < 1.29 is 0 Å². The van der Waals surface area contributed by atoms with E-state index in [1.165, 1.54) is 44.5 Å². The highest BCUT2D eigenvalue weighted by atomic mass is 14.5. The molecular weight excluding hydrogens is 326 g/mol. The molecule has 1 heteroatoms. The predicted octanol–water partition coefficient (Wildman–Crippen LogP) is 6.16. The maximum absolute atomic E-state index is 8.93. The molecule has 0 spiro atoms. The molecule has 3 aliphatic rings. The molecule has 0 aliphatic heterocycles. The average molecular weight is 343 g/mol. The number of hydrogen-bond donors (Lipinski definition) is 1. The Labute approximate surface area is 158 Å². The first-order chi connectivity index (χ1) is 13.3. The summed E-state index contributed by atoms with van der Waals surface area (Å²) in [5.41, 5.74) is 12.9. The standard InChI is InChI=1S/C26H17N/c27-26-23(13-12-22-19-9-4-2-7-17(19)15-25(22)26)21-11-5-10-20-18-8-3-1-6-16(18)14-24(20)21/h1-13,15,27H,14H2. The van der Waals surface area contributed by atoms with Crippen molar-refractivity contribution >= 4 is 22.9 Å². The summed E-state index contributed by atoms with van der Waals surface area (Å²) in [6.07, 6.45) is 7.43. The van der Waals surface area contributed by atoms with Crippen molar-refractivity contribution in [3.8, 4) is 11.1 Å². The highest BCUT2D eigenvalue weighted by Gasteiger charge is 2.29. The maximum Gasteiger partial charge on any atom is 0.0697 e. The second kappa shape index (κ2) is 5.28. The van der Waals surface area contributed by atoms with Crippen molar-refractivity contribution in [1.29, 1.82) is 5.41 Å². The molecule has 0 atom stereocenters. The molecule has 126 valence electrons. The van der Waals surface area contributed by atoms with E-state index in [1.807, 2.05) is 0 Å². The summed E-state index contributed by atoms with van der Waals surface area (Å²) >= 11 is 0. The molecule has 1 N–H and O–H groups in total.